The second kappa shape index (κ2) is 6.15. The molecule has 0 aromatic carbocycles. The smallest absolute Gasteiger partial charge is 0.304 e. The zero-order chi connectivity index (χ0) is 14.7. The van der Waals surface area contributed by atoms with Gasteiger partial charge in [0, 0.05) is 14.1 Å². The monoisotopic (exact) mass is 311 g/mol. The van der Waals surface area contributed by atoms with Crippen molar-refractivity contribution >= 4 is 23.2 Å². The van der Waals surface area contributed by atoms with E-state index in [1.165, 1.54) is 14.1 Å². The average molecular weight is 311 g/mol. The van der Waals surface area contributed by atoms with Crippen molar-refractivity contribution in [2.24, 2.45) is 0 Å². The van der Waals surface area contributed by atoms with Gasteiger partial charge in [0.15, 0.2) is 5.44 Å². The van der Waals surface area contributed by atoms with Crippen LogP contribution in [0.25, 0.3) is 0 Å². The van der Waals surface area contributed by atoms with E-state index in [1.807, 2.05) is 0 Å². The second-order valence-corrected chi connectivity index (χ2v) is 7.70. The van der Waals surface area contributed by atoms with E-state index in [-0.39, 0.29) is 18.6 Å². The first-order chi connectivity index (χ1) is 8.78. The topological polar surface area (TPSA) is 90.7 Å². The molecule has 110 valence electrons. The van der Waals surface area contributed by atoms with E-state index < -0.39 is 17.8 Å². The molecule has 19 heavy (non-hydrogen) atoms. The molecule has 0 atom stereocenters. The van der Waals surface area contributed by atoms with Gasteiger partial charge in [-0.1, -0.05) is 0 Å². The number of imidazole rings is 1. The lowest BCUT2D eigenvalue weighted by Crippen LogP contribution is -2.28. The Morgan fingerprint density at radius 2 is 1.84 bits per heavy atom. The highest BCUT2D eigenvalue weighted by molar-refractivity contribution is 7.87. The van der Waals surface area contributed by atoms with Crippen LogP contribution in [0.3, 0.4) is 0 Å². The molecule has 0 unspecified atom stereocenters. The van der Waals surface area contributed by atoms with Gasteiger partial charge >= 0.3 is 17.8 Å². The Morgan fingerprint density at radius 1 is 1.32 bits per heavy atom. The van der Waals surface area contributed by atoms with Crippen molar-refractivity contribution < 1.29 is 22.0 Å². The van der Waals surface area contributed by atoms with Gasteiger partial charge in [-0.3, -0.25) is 4.57 Å². The first-order valence-electron chi connectivity index (χ1n) is 5.64. The molecule has 1 heterocycles. The molecule has 0 spiro atoms. The van der Waals surface area contributed by atoms with Crippen LogP contribution in [-0.4, -0.2) is 49.0 Å². The summed E-state index contributed by atoms with van der Waals surface area (Å²) < 4.78 is 48.2. The maximum absolute atomic E-state index is 12.4. The maximum Gasteiger partial charge on any atom is 0.381 e. The summed E-state index contributed by atoms with van der Waals surface area (Å²) in [5.41, 5.74) is -0.0263. The number of rotatable bonds is 7. The predicted molar refractivity (Wildman–Crippen MR) is 70.7 cm³/mol. The Morgan fingerprint density at radius 3 is 2.26 bits per heavy atom. The van der Waals surface area contributed by atoms with Crippen LogP contribution in [0.5, 0.6) is 0 Å². The van der Waals surface area contributed by atoms with Crippen LogP contribution in [0.15, 0.2) is 12.5 Å². The molecule has 10 heteroatoms. The van der Waals surface area contributed by atoms with E-state index in [1.54, 1.807) is 13.8 Å². The number of hydrogen-bond acceptors (Lipinski definition) is 6. The quantitative estimate of drug-likeness (QED) is 0.678. The summed E-state index contributed by atoms with van der Waals surface area (Å²) in [4.78, 5) is 3.82. The third-order valence-corrected chi connectivity index (χ3v) is 5.80. The molecule has 0 N–H and O–H groups in total. The van der Waals surface area contributed by atoms with Gasteiger partial charge in [-0.2, -0.15) is 12.7 Å². The van der Waals surface area contributed by atoms with E-state index in [0.29, 0.717) is 0 Å². The van der Waals surface area contributed by atoms with E-state index in [9.17, 15) is 13.0 Å². The molecule has 1 aromatic rings. The van der Waals surface area contributed by atoms with Crippen molar-refractivity contribution in [2.45, 2.75) is 13.8 Å². The van der Waals surface area contributed by atoms with Gasteiger partial charge < -0.3 is 9.05 Å². The molecule has 0 aliphatic heterocycles. The average Bonchev–Trinajstić information content (AvgIpc) is 2.79. The minimum atomic E-state index is -3.69. The van der Waals surface area contributed by atoms with E-state index in [2.05, 4.69) is 4.98 Å². The van der Waals surface area contributed by atoms with Crippen LogP contribution in [0.4, 0.5) is 0 Å². The molecule has 8 nitrogen and oxygen atoms in total. The highest BCUT2D eigenvalue weighted by Crippen LogP contribution is 2.46. The fourth-order valence-corrected chi connectivity index (χ4v) is 3.59. The minimum Gasteiger partial charge on any atom is -0.304 e. The molecule has 0 saturated carbocycles. The Kier molecular flexibility index (Phi) is 5.28. The molecule has 0 aliphatic carbocycles. The predicted octanol–water partition coefficient (Wildman–Crippen LogP) is 0.429. The lowest BCUT2D eigenvalue weighted by molar-refractivity contribution is 0.229. The third kappa shape index (κ3) is 3.43. The molecule has 1 rings (SSSR count). The molecular formula is C9H18N3O5PS. The van der Waals surface area contributed by atoms with Crippen molar-refractivity contribution in [2.75, 3.05) is 27.3 Å². The van der Waals surface area contributed by atoms with Crippen LogP contribution in [0, 0.1) is 0 Å². The van der Waals surface area contributed by atoms with Crippen LogP contribution in [0.2, 0.25) is 0 Å². The molecule has 0 aliphatic rings. The van der Waals surface area contributed by atoms with Gasteiger partial charge in [-0.15, -0.1) is 0 Å². The van der Waals surface area contributed by atoms with Crippen molar-refractivity contribution in [3.8, 4) is 0 Å². The van der Waals surface area contributed by atoms with Crippen LogP contribution in [0.1, 0.15) is 13.8 Å². The number of hydrogen-bond donors (Lipinski definition) is 0. The molecule has 0 saturated heterocycles. The van der Waals surface area contributed by atoms with Gasteiger partial charge in [0.1, 0.15) is 6.33 Å². The maximum atomic E-state index is 12.4. The molecule has 1 aromatic heterocycles. The third-order valence-electron chi connectivity index (χ3n) is 2.15. The Balaban J connectivity index is 3.18. The summed E-state index contributed by atoms with van der Waals surface area (Å²) in [5.74, 6) is 0. The zero-order valence-corrected chi connectivity index (χ0v) is 13.0. The van der Waals surface area contributed by atoms with E-state index in [4.69, 9.17) is 9.05 Å². The zero-order valence-electron chi connectivity index (χ0n) is 11.3. The molecule has 0 radical (unpaired) electrons. The summed E-state index contributed by atoms with van der Waals surface area (Å²) in [7, 11) is -4.48. The number of aromatic nitrogens is 2. The molecular weight excluding hydrogens is 293 g/mol. The Hall–Kier alpha value is -0.730. The van der Waals surface area contributed by atoms with Gasteiger partial charge in [-0.25, -0.2) is 8.96 Å². The normalized spacial score (nSPS) is 13.1. The highest BCUT2D eigenvalue weighted by Gasteiger charge is 2.31. The standard InChI is InChI=1S/C9H18N3O5PS/c1-5-16-18(13,17-6-2)9-7-12(8-10-9)19(14,15)11(3)4/h7-8H,5-6H2,1-4H3. The SMILES string of the molecule is CCOP(=O)(OCC)c1cn(S(=O)(=O)N(C)C)cn1. The van der Waals surface area contributed by atoms with E-state index in [0.717, 1.165) is 20.8 Å². The number of nitrogens with zero attached hydrogens (tertiary/aromatic N) is 3. The van der Waals surface area contributed by atoms with Crippen LogP contribution in [-0.2, 0) is 23.8 Å². The summed E-state index contributed by atoms with van der Waals surface area (Å²) >= 11 is 0. The van der Waals surface area contributed by atoms with Crippen molar-refractivity contribution in [1.29, 1.82) is 0 Å². The molecule has 0 bridgehead atoms. The first-order valence-corrected chi connectivity index (χ1v) is 8.58. The highest BCUT2D eigenvalue weighted by atomic mass is 32.2. The van der Waals surface area contributed by atoms with E-state index >= 15 is 0 Å². The van der Waals surface area contributed by atoms with Gasteiger partial charge in [-0.05, 0) is 13.8 Å². The molecule has 0 fully saturated rings. The van der Waals surface area contributed by atoms with Gasteiger partial charge in [0.2, 0.25) is 0 Å². The Labute approximate surface area is 113 Å². The summed E-state index contributed by atoms with van der Waals surface area (Å²) in [6, 6.07) is 0. The summed E-state index contributed by atoms with van der Waals surface area (Å²) in [5, 5.41) is 0. The van der Waals surface area contributed by atoms with Crippen LogP contribution < -0.4 is 5.44 Å². The van der Waals surface area contributed by atoms with Crippen molar-refractivity contribution in [3.63, 3.8) is 0 Å². The fourth-order valence-electron chi connectivity index (χ4n) is 1.26. The summed E-state index contributed by atoms with van der Waals surface area (Å²) in [6.07, 6.45) is 2.21. The minimum absolute atomic E-state index is 0.0263. The lowest BCUT2D eigenvalue weighted by atomic mass is 10.9. The summed E-state index contributed by atoms with van der Waals surface area (Å²) in [6.45, 7) is 3.67. The largest absolute Gasteiger partial charge is 0.381 e. The molecule has 0 amide bonds. The van der Waals surface area contributed by atoms with Crippen LogP contribution >= 0.6 is 7.60 Å². The van der Waals surface area contributed by atoms with Gasteiger partial charge in [0.25, 0.3) is 0 Å². The Bertz CT molecular complexity index is 558. The van der Waals surface area contributed by atoms with Crippen molar-refractivity contribution in [1.82, 2.24) is 13.3 Å². The first kappa shape index (κ1) is 16.3. The van der Waals surface area contributed by atoms with Crippen molar-refractivity contribution in [3.05, 3.63) is 12.5 Å². The lowest BCUT2D eigenvalue weighted by Gasteiger charge is -2.14. The second-order valence-electron chi connectivity index (χ2n) is 3.68. The fraction of sp³-hybridized carbons (Fsp3) is 0.667. The van der Waals surface area contributed by atoms with Gasteiger partial charge in [0.05, 0.1) is 19.4 Å².